The Kier molecular flexibility index (Phi) is 12.9. The molecule has 0 saturated carbocycles. The highest BCUT2D eigenvalue weighted by Crippen LogP contribution is 2.33. The van der Waals surface area contributed by atoms with E-state index in [2.05, 4.69) is 35.2 Å². The zero-order valence-electron chi connectivity index (χ0n) is 35.9. The summed E-state index contributed by atoms with van der Waals surface area (Å²) >= 11 is 0. The van der Waals surface area contributed by atoms with Gasteiger partial charge in [-0.25, -0.2) is 0 Å². The second-order valence-corrected chi connectivity index (χ2v) is 16.8. The molecule has 1 aromatic heterocycles. The van der Waals surface area contributed by atoms with E-state index in [0.29, 0.717) is 43.7 Å². The average molecular weight is 828 g/mol. The van der Waals surface area contributed by atoms with Crippen LogP contribution in [0.15, 0.2) is 77.3 Å². The summed E-state index contributed by atoms with van der Waals surface area (Å²) in [6.07, 6.45) is 6.57. The van der Waals surface area contributed by atoms with E-state index < -0.39 is 0 Å². The monoisotopic (exact) mass is 827 g/mol. The van der Waals surface area contributed by atoms with E-state index in [9.17, 15) is 14.4 Å². The van der Waals surface area contributed by atoms with Gasteiger partial charge in [-0.05, 0) is 129 Å². The van der Waals surface area contributed by atoms with Crippen LogP contribution in [0.3, 0.4) is 0 Å². The molecule has 0 radical (unpaired) electrons. The zero-order chi connectivity index (χ0) is 42.5. The Labute approximate surface area is 358 Å². The Hall–Kier alpha value is -5.88. The lowest BCUT2D eigenvalue weighted by Crippen LogP contribution is -2.34. The van der Waals surface area contributed by atoms with Crippen LogP contribution >= 0.6 is 0 Å². The lowest BCUT2D eigenvalue weighted by molar-refractivity contribution is 0.0773. The average Bonchev–Trinajstić information content (AvgIpc) is 3.70. The van der Waals surface area contributed by atoms with Crippen LogP contribution in [0.25, 0.3) is 11.0 Å². The van der Waals surface area contributed by atoms with Gasteiger partial charge in [-0.2, -0.15) is 0 Å². The molecule has 320 valence electrons. The minimum Gasteiger partial charge on any atom is -0.494 e. The summed E-state index contributed by atoms with van der Waals surface area (Å²) < 4.78 is 23.1. The largest absolute Gasteiger partial charge is 0.494 e. The first-order chi connectivity index (χ1) is 29.6. The summed E-state index contributed by atoms with van der Waals surface area (Å²) in [5, 5.41) is 5.56. The molecule has 3 amide bonds. The molecule has 5 aromatic rings. The Bertz CT molecular complexity index is 2310. The maximum absolute atomic E-state index is 12.4. The summed E-state index contributed by atoms with van der Waals surface area (Å²) in [7, 11) is 5.50. The summed E-state index contributed by atoms with van der Waals surface area (Å²) in [6, 6.07) is 23.7. The predicted molar refractivity (Wildman–Crippen MR) is 234 cm³/mol. The molecule has 12 heteroatoms. The molecule has 9 rings (SSSR count). The van der Waals surface area contributed by atoms with Crippen molar-refractivity contribution in [2.24, 2.45) is 0 Å². The molecule has 0 bridgehead atoms. The van der Waals surface area contributed by atoms with Gasteiger partial charge in [-0.1, -0.05) is 29.4 Å². The number of carbonyl (C=O) groups excluding carboxylic acids is 3. The number of hydrogen-bond acceptors (Lipinski definition) is 9. The summed E-state index contributed by atoms with van der Waals surface area (Å²) in [6.45, 7) is 9.21. The summed E-state index contributed by atoms with van der Waals surface area (Å²) in [5.41, 5.74) is 8.75. The SMILES string of the molecule is CN1CCc2ccc(OCCCOc3ccc4c(c3)C(=O)N(C)CC4)cc2C1=O.Cc1ccc2c(C3CCN(CCCOc4ccc5c(c4)C(=O)N(C)CC5)CC3)noc2c1. The Morgan fingerprint density at radius 3 is 1.52 bits per heavy atom. The number of nitrogens with zero attached hydrogens (tertiary/aromatic N) is 5. The molecule has 0 aliphatic carbocycles. The second kappa shape index (κ2) is 18.8. The fourth-order valence-electron chi connectivity index (χ4n) is 8.68. The van der Waals surface area contributed by atoms with Crippen molar-refractivity contribution in [2.45, 2.75) is 57.8 Å². The molecule has 5 heterocycles. The van der Waals surface area contributed by atoms with E-state index in [-0.39, 0.29) is 17.7 Å². The standard InChI is InChI=1S/C26H31N3O3.C23H26N2O4/c1-18-4-7-22-24(16-18)32-27-25(22)20-9-13-29(14-10-20)11-3-15-31-21-6-5-19-8-12-28(2)26(30)23(19)17-21;1-24-10-8-16-4-6-18(14-20(16)22(24)26)28-12-3-13-29-19-7-5-17-9-11-25(2)23(27)21(17)15-19/h4-7,16-17,20H,3,8-15H2,1-2H3;4-7,14-15H,3,8-13H2,1-2H3. The molecular weight excluding hydrogens is 771 g/mol. The Morgan fingerprint density at radius 1 is 0.590 bits per heavy atom. The number of carbonyl (C=O) groups is 3. The normalized spacial score (nSPS) is 16.8. The summed E-state index contributed by atoms with van der Waals surface area (Å²) in [4.78, 5) is 44.7. The van der Waals surface area contributed by atoms with Gasteiger partial charge in [0.2, 0.25) is 0 Å². The van der Waals surface area contributed by atoms with Crippen molar-refractivity contribution in [1.82, 2.24) is 24.8 Å². The first kappa shape index (κ1) is 41.8. The molecule has 1 saturated heterocycles. The van der Waals surface area contributed by atoms with Crippen LogP contribution < -0.4 is 14.2 Å². The number of likely N-dealkylation sites (tertiary alicyclic amines) is 1. The van der Waals surface area contributed by atoms with E-state index in [1.165, 1.54) is 5.56 Å². The van der Waals surface area contributed by atoms with Gasteiger partial charge in [0.25, 0.3) is 17.7 Å². The molecule has 1 fully saturated rings. The second-order valence-electron chi connectivity index (χ2n) is 16.8. The van der Waals surface area contributed by atoms with E-state index >= 15 is 0 Å². The lowest BCUT2D eigenvalue weighted by atomic mass is 9.91. The van der Waals surface area contributed by atoms with Gasteiger partial charge >= 0.3 is 0 Å². The van der Waals surface area contributed by atoms with Gasteiger partial charge in [-0.15, -0.1) is 0 Å². The quantitative estimate of drug-likeness (QED) is 0.120. The fraction of sp³-hybridized carbons (Fsp3) is 0.429. The van der Waals surface area contributed by atoms with Crippen LogP contribution in [0.5, 0.6) is 17.2 Å². The fourth-order valence-corrected chi connectivity index (χ4v) is 8.68. The third-order valence-electron chi connectivity index (χ3n) is 12.5. The van der Waals surface area contributed by atoms with E-state index in [0.717, 1.165) is 134 Å². The molecular formula is C49H57N5O7. The molecule has 4 aromatic carbocycles. The van der Waals surface area contributed by atoms with Crippen LogP contribution in [-0.2, 0) is 19.3 Å². The van der Waals surface area contributed by atoms with Crippen LogP contribution in [0.1, 0.15) is 90.6 Å². The number of ether oxygens (including phenoxy) is 3. The first-order valence-corrected chi connectivity index (χ1v) is 21.7. The van der Waals surface area contributed by atoms with E-state index in [1.54, 1.807) is 14.7 Å². The van der Waals surface area contributed by atoms with Crippen molar-refractivity contribution in [3.8, 4) is 17.2 Å². The first-order valence-electron chi connectivity index (χ1n) is 21.7. The van der Waals surface area contributed by atoms with Gasteiger partial charge in [0.1, 0.15) is 17.2 Å². The van der Waals surface area contributed by atoms with Crippen molar-refractivity contribution in [1.29, 1.82) is 0 Å². The molecule has 0 unspecified atom stereocenters. The highest BCUT2D eigenvalue weighted by atomic mass is 16.5. The zero-order valence-corrected chi connectivity index (χ0v) is 35.9. The van der Waals surface area contributed by atoms with Crippen molar-refractivity contribution < 1.29 is 33.1 Å². The molecule has 4 aliphatic rings. The maximum atomic E-state index is 12.4. The molecule has 0 N–H and O–H groups in total. The molecule has 0 spiro atoms. The minimum absolute atomic E-state index is 0.0487. The number of benzene rings is 4. The van der Waals surface area contributed by atoms with Gasteiger partial charge < -0.3 is 38.3 Å². The number of fused-ring (bicyclic) bond motifs is 4. The van der Waals surface area contributed by atoms with Crippen LogP contribution in [0.4, 0.5) is 0 Å². The van der Waals surface area contributed by atoms with E-state index in [4.69, 9.17) is 18.7 Å². The Morgan fingerprint density at radius 2 is 1.05 bits per heavy atom. The topological polar surface area (TPSA) is 118 Å². The van der Waals surface area contributed by atoms with Crippen molar-refractivity contribution in [3.63, 3.8) is 0 Å². The van der Waals surface area contributed by atoms with Gasteiger partial charge in [0.05, 0.1) is 25.5 Å². The number of amides is 3. The third kappa shape index (κ3) is 9.70. The number of piperidine rings is 1. The summed E-state index contributed by atoms with van der Waals surface area (Å²) in [5.74, 6) is 2.86. The number of rotatable bonds is 12. The van der Waals surface area contributed by atoms with Gasteiger partial charge in [0, 0.05) is 81.7 Å². The number of aromatic nitrogens is 1. The minimum atomic E-state index is 0.0487. The molecule has 4 aliphatic heterocycles. The lowest BCUT2D eigenvalue weighted by Gasteiger charge is -2.31. The number of likely N-dealkylation sites (N-methyl/N-ethyl adjacent to an activating group) is 3. The Balaban J connectivity index is 0.000000169. The van der Waals surface area contributed by atoms with Crippen molar-refractivity contribution in [3.05, 3.63) is 117 Å². The van der Waals surface area contributed by atoms with Crippen LogP contribution in [0, 0.1) is 6.92 Å². The molecule has 0 atom stereocenters. The van der Waals surface area contributed by atoms with Gasteiger partial charge in [0.15, 0.2) is 5.58 Å². The number of hydrogen-bond donors (Lipinski definition) is 0. The smallest absolute Gasteiger partial charge is 0.254 e. The van der Waals surface area contributed by atoms with Crippen molar-refractivity contribution >= 4 is 28.7 Å². The van der Waals surface area contributed by atoms with Crippen molar-refractivity contribution in [2.75, 3.05) is 80.2 Å². The van der Waals surface area contributed by atoms with Gasteiger partial charge in [-0.3, -0.25) is 14.4 Å². The highest BCUT2D eigenvalue weighted by Gasteiger charge is 2.26. The van der Waals surface area contributed by atoms with E-state index in [1.807, 2.05) is 75.7 Å². The molecule has 12 nitrogen and oxygen atoms in total. The predicted octanol–water partition coefficient (Wildman–Crippen LogP) is 7.20. The highest BCUT2D eigenvalue weighted by molar-refractivity contribution is 5.98. The third-order valence-corrected chi connectivity index (χ3v) is 12.5. The maximum Gasteiger partial charge on any atom is 0.254 e. The van der Waals surface area contributed by atoms with Crippen LogP contribution in [0.2, 0.25) is 0 Å². The molecule has 61 heavy (non-hydrogen) atoms. The van der Waals surface area contributed by atoms with Crippen LogP contribution in [-0.4, -0.2) is 123 Å². The number of aryl methyl sites for hydroxylation is 1.